The van der Waals surface area contributed by atoms with E-state index in [2.05, 4.69) is 31.2 Å². The summed E-state index contributed by atoms with van der Waals surface area (Å²) in [5, 5.41) is 32.0. The summed E-state index contributed by atoms with van der Waals surface area (Å²) in [6.45, 7) is 7.52. The zero-order chi connectivity index (χ0) is 37.2. The molecule has 0 radical (unpaired) electrons. The molecule has 0 bridgehead atoms. The number of aromatic amines is 1. The summed E-state index contributed by atoms with van der Waals surface area (Å²) in [6.07, 6.45) is 2.53. The Morgan fingerprint density at radius 2 is 1.49 bits per heavy atom. The summed E-state index contributed by atoms with van der Waals surface area (Å²) in [4.78, 5) is 60.5. The molecule has 3 rings (SSSR count). The summed E-state index contributed by atoms with van der Waals surface area (Å²) in [7, 11) is 0. The van der Waals surface area contributed by atoms with Crippen molar-refractivity contribution in [2.24, 2.45) is 11.8 Å². The van der Waals surface area contributed by atoms with Gasteiger partial charge in [0.15, 0.2) is 0 Å². The molecule has 4 amide bonds. The fourth-order valence-corrected chi connectivity index (χ4v) is 5.58. The number of hydrogen-bond donors (Lipinski definition) is 7. The van der Waals surface area contributed by atoms with Crippen LogP contribution < -0.4 is 21.3 Å². The van der Waals surface area contributed by atoms with Crippen LogP contribution in [0, 0.1) is 11.8 Å². The average Bonchev–Trinajstić information content (AvgIpc) is 3.64. The molecule has 0 aliphatic rings. The van der Waals surface area contributed by atoms with Crippen molar-refractivity contribution in [1.82, 2.24) is 31.2 Å². The number of alkyl carbamates (subject to hydrolysis) is 1. The normalized spacial score (nSPS) is 14.7. The van der Waals surface area contributed by atoms with E-state index in [0.29, 0.717) is 18.5 Å². The molecule has 0 saturated carbocycles. The molecule has 2 aromatic carbocycles. The Morgan fingerprint density at radius 3 is 2.08 bits per heavy atom. The molecule has 0 saturated heterocycles. The molecule has 4 unspecified atom stereocenters. The first-order chi connectivity index (χ1) is 24.5. The lowest BCUT2D eigenvalue weighted by atomic mass is 9.95. The molecular weight excluding hydrogens is 652 g/mol. The van der Waals surface area contributed by atoms with Crippen molar-refractivity contribution in [3.63, 3.8) is 0 Å². The quantitative estimate of drug-likeness (QED) is 0.0878. The zero-order valence-corrected chi connectivity index (χ0v) is 30.0. The smallest absolute Gasteiger partial charge is 0.408 e. The molecule has 0 aliphatic heterocycles. The van der Waals surface area contributed by atoms with E-state index in [-0.39, 0.29) is 44.3 Å². The Bertz CT molecular complexity index is 1470. The van der Waals surface area contributed by atoms with Gasteiger partial charge in [-0.15, -0.1) is 0 Å². The van der Waals surface area contributed by atoms with Crippen molar-refractivity contribution in [2.45, 2.75) is 103 Å². The van der Waals surface area contributed by atoms with Crippen molar-refractivity contribution in [3.8, 4) is 0 Å². The van der Waals surface area contributed by atoms with E-state index in [1.54, 1.807) is 0 Å². The number of rotatable bonds is 21. The van der Waals surface area contributed by atoms with Crippen LogP contribution in [0.3, 0.4) is 0 Å². The second-order valence-electron chi connectivity index (χ2n) is 13.4. The van der Waals surface area contributed by atoms with E-state index in [4.69, 9.17) is 4.74 Å². The third-order valence-corrected chi connectivity index (χ3v) is 8.78. The van der Waals surface area contributed by atoms with Crippen LogP contribution in [0.15, 0.2) is 73.2 Å². The highest BCUT2D eigenvalue weighted by atomic mass is 16.5. The molecule has 13 heteroatoms. The lowest BCUT2D eigenvalue weighted by Gasteiger charge is -2.29. The first-order valence-electron chi connectivity index (χ1n) is 17.7. The molecule has 278 valence electrons. The minimum Gasteiger partial charge on any atom is -0.445 e. The van der Waals surface area contributed by atoms with E-state index < -0.39 is 54.1 Å². The average molecular weight is 707 g/mol. The SMILES string of the molecule is CCC(C)[C@@H](CO)NC(=O)CC(O)C(CC(C)C)NC(=O)[C@H](Cc1cnc[nH]1)NC(=O)C(CCc1ccccc1)NC(=O)OCc1ccccc1. The lowest BCUT2D eigenvalue weighted by molar-refractivity contribution is -0.131. The van der Waals surface area contributed by atoms with Gasteiger partial charge >= 0.3 is 6.09 Å². The maximum Gasteiger partial charge on any atom is 0.408 e. The van der Waals surface area contributed by atoms with Crippen molar-refractivity contribution in [3.05, 3.63) is 90.0 Å². The molecule has 0 spiro atoms. The van der Waals surface area contributed by atoms with Crippen LogP contribution in [0.4, 0.5) is 4.79 Å². The Kier molecular flexibility index (Phi) is 17.1. The van der Waals surface area contributed by atoms with Crippen molar-refractivity contribution in [2.75, 3.05) is 6.61 Å². The van der Waals surface area contributed by atoms with Gasteiger partial charge in [0.1, 0.15) is 18.7 Å². The number of carbonyl (C=O) groups is 4. The fourth-order valence-electron chi connectivity index (χ4n) is 5.58. The van der Waals surface area contributed by atoms with Gasteiger partial charge in [-0.2, -0.15) is 0 Å². The van der Waals surface area contributed by atoms with Crippen LogP contribution in [0.5, 0.6) is 0 Å². The molecule has 13 nitrogen and oxygen atoms in total. The van der Waals surface area contributed by atoms with Gasteiger partial charge in [-0.25, -0.2) is 9.78 Å². The molecule has 3 aromatic rings. The number of amides is 4. The number of aryl methyl sites for hydroxylation is 1. The van der Waals surface area contributed by atoms with E-state index in [1.807, 2.05) is 88.4 Å². The second kappa shape index (κ2) is 21.5. The number of nitrogens with zero attached hydrogens (tertiary/aromatic N) is 1. The van der Waals surface area contributed by atoms with Gasteiger partial charge in [-0.3, -0.25) is 14.4 Å². The van der Waals surface area contributed by atoms with Crippen LogP contribution in [0.1, 0.15) is 70.2 Å². The first-order valence-corrected chi connectivity index (χ1v) is 17.7. The number of benzene rings is 2. The minimum absolute atomic E-state index is 0.0143. The molecule has 1 heterocycles. The number of H-pyrrole nitrogens is 1. The number of imidazole rings is 1. The zero-order valence-electron chi connectivity index (χ0n) is 30.0. The predicted molar refractivity (Wildman–Crippen MR) is 193 cm³/mol. The van der Waals surface area contributed by atoms with E-state index in [1.165, 1.54) is 12.5 Å². The molecular formula is C38H54N6O7. The van der Waals surface area contributed by atoms with Gasteiger partial charge in [0, 0.05) is 18.3 Å². The maximum atomic E-state index is 13.9. The summed E-state index contributed by atoms with van der Waals surface area (Å²) < 4.78 is 5.40. The van der Waals surface area contributed by atoms with Gasteiger partial charge in [0.2, 0.25) is 17.7 Å². The molecule has 0 fully saturated rings. The van der Waals surface area contributed by atoms with Gasteiger partial charge in [-0.05, 0) is 42.2 Å². The van der Waals surface area contributed by atoms with Gasteiger partial charge in [0.05, 0.1) is 37.5 Å². The van der Waals surface area contributed by atoms with Crippen LogP contribution in [-0.4, -0.2) is 80.9 Å². The molecule has 6 atom stereocenters. The number of aromatic nitrogens is 2. The summed E-state index contributed by atoms with van der Waals surface area (Å²) in [5.41, 5.74) is 2.33. The van der Waals surface area contributed by atoms with Gasteiger partial charge in [-0.1, -0.05) is 94.8 Å². The van der Waals surface area contributed by atoms with Crippen molar-refractivity contribution >= 4 is 23.8 Å². The Hall–Kier alpha value is -4.75. The third kappa shape index (κ3) is 14.6. The second-order valence-corrected chi connectivity index (χ2v) is 13.4. The molecule has 1 aromatic heterocycles. The number of carbonyl (C=O) groups excluding carboxylic acids is 4. The van der Waals surface area contributed by atoms with E-state index in [9.17, 15) is 29.4 Å². The fraction of sp³-hybridized carbons (Fsp3) is 0.500. The summed E-state index contributed by atoms with van der Waals surface area (Å²) in [6, 6.07) is 15.2. The first kappa shape index (κ1) is 40.7. The highest BCUT2D eigenvalue weighted by Gasteiger charge is 2.32. The number of ether oxygens (including phenoxy) is 1. The van der Waals surface area contributed by atoms with Crippen LogP contribution in [-0.2, 0) is 38.6 Å². The van der Waals surface area contributed by atoms with E-state index >= 15 is 0 Å². The van der Waals surface area contributed by atoms with Crippen LogP contribution in [0.25, 0.3) is 0 Å². The highest BCUT2D eigenvalue weighted by Crippen LogP contribution is 2.14. The van der Waals surface area contributed by atoms with E-state index in [0.717, 1.165) is 17.5 Å². The third-order valence-electron chi connectivity index (χ3n) is 8.78. The van der Waals surface area contributed by atoms with Crippen molar-refractivity contribution < 1.29 is 34.1 Å². The summed E-state index contributed by atoms with van der Waals surface area (Å²) >= 11 is 0. The van der Waals surface area contributed by atoms with Crippen LogP contribution in [0.2, 0.25) is 0 Å². The molecule has 7 N–H and O–H groups in total. The standard InChI is InChI=1S/C38H54N6O7/c1-5-26(4)33(22-45)41-35(47)20-34(46)31(18-25(2)3)42-37(49)32(19-29-21-39-24-40-29)43-36(48)30(17-16-27-12-8-6-9-13-27)44-38(50)51-23-28-14-10-7-11-15-28/h6-15,21,24-26,30-34,45-46H,5,16-20,22-23H2,1-4H3,(H,39,40)(H,41,47)(H,42,49)(H,43,48)(H,44,50)/t26?,30?,31?,32-,33+,34?/m0/s1. The monoisotopic (exact) mass is 706 g/mol. The Labute approximate surface area is 300 Å². The van der Waals surface area contributed by atoms with Crippen molar-refractivity contribution in [1.29, 1.82) is 0 Å². The molecule has 0 aliphatic carbocycles. The lowest BCUT2D eigenvalue weighted by Crippen LogP contribution is -2.57. The van der Waals surface area contributed by atoms with Gasteiger partial charge < -0.3 is 41.2 Å². The highest BCUT2D eigenvalue weighted by molar-refractivity contribution is 5.91. The number of aliphatic hydroxyl groups excluding tert-OH is 2. The molecule has 51 heavy (non-hydrogen) atoms. The number of nitrogens with one attached hydrogen (secondary N) is 5. The number of aliphatic hydroxyl groups is 2. The Morgan fingerprint density at radius 1 is 0.843 bits per heavy atom. The largest absolute Gasteiger partial charge is 0.445 e. The number of hydrogen-bond acceptors (Lipinski definition) is 8. The minimum atomic E-state index is -1.24. The summed E-state index contributed by atoms with van der Waals surface area (Å²) in [5.74, 6) is -1.54. The maximum absolute atomic E-state index is 13.9. The van der Waals surface area contributed by atoms with Gasteiger partial charge in [0.25, 0.3) is 0 Å². The topological polar surface area (TPSA) is 195 Å². The predicted octanol–water partition coefficient (Wildman–Crippen LogP) is 3.17. The Balaban J connectivity index is 1.76. The van der Waals surface area contributed by atoms with Crippen LogP contribution >= 0.6 is 0 Å².